The van der Waals surface area contributed by atoms with Gasteiger partial charge in [-0.2, -0.15) is 0 Å². The molecule has 5 rings (SSSR count). The molecule has 1 aliphatic heterocycles. The number of rotatable bonds is 10. The van der Waals surface area contributed by atoms with Crippen molar-refractivity contribution in [2.24, 2.45) is 0 Å². The summed E-state index contributed by atoms with van der Waals surface area (Å²) in [5.41, 5.74) is 5.26. The molecule has 2 aromatic heterocycles. The van der Waals surface area contributed by atoms with Crippen LogP contribution in [0.15, 0.2) is 81.2 Å². The molecule has 4 heteroatoms. The minimum absolute atomic E-state index is 1.08. The first-order valence-electron chi connectivity index (χ1n) is 12.3. The van der Waals surface area contributed by atoms with E-state index in [1.807, 2.05) is 34.4 Å². The second kappa shape index (κ2) is 11.4. The van der Waals surface area contributed by atoms with Gasteiger partial charge in [-0.25, -0.2) is 0 Å². The Morgan fingerprint density at radius 2 is 1.59 bits per heavy atom. The summed E-state index contributed by atoms with van der Waals surface area (Å²) in [5, 5.41) is 4.34. The highest BCUT2D eigenvalue weighted by Gasteiger charge is 2.23. The molecule has 2 aromatic carbocycles. The van der Waals surface area contributed by atoms with Crippen LogP contribution in [0.2, 0.25) is 0 Å². The Balaban J connectivity index is 1.37. The van der Waals surface area contributed by atoms with Crippen molar-refractivity contribution in [3.8, 4) is 9.75 Å². The monoisotopic (exact) mass is 501 g/mol. The van der Waals surface area contributed by atoms with Gasteiger partial charge in [0.25, 0.3) is 0 Å². The smallest absolute Gasteiger partial charge is 0.0558 e. The molecule has 0 atom stereocenters. The van der Waals surface area contributed by atoms with Gasteiger partial charge in [0.1, 0.15) is 0 Å². The Bertz CT molecular complexity index is 1240. The van der Waals surface area contributed by atoms with Crippen LogP contribution in [0.5, 0.6) is 0 Å². The van der Waals surface area contributed by atoms with Gasteiger partial charge in [-0.3, -0.25) is 0 Å². The predicted molar refractivity (Wildman–Crippen MR) is 154 cm³/mol. The van der Waals surface area contributed by atoms with E-state index < -0.39 is 0 Å². The first-order valence-corrected chi connectivity index (χ1v) is 14.9. The largest absolute Gasteiger partial charge is 0.340 e. The molecule has 0 bridgehead atoms. The zero-order valence-electron chi connectivity index (χ0n) is 19.7. The van der Waals surface area contributed by atoms with Crippen molar-refractivity contribution in [2.75, 3.05) is 11.4 Å². The topological polar surface area (TPSA) is 3.24 Å². The zero-order valence-corrected chi connectivity index (χ0v) is 22.2. The van der Waals surface area contributed by atoms with Gasteiger partial charge >= 0.3 is 0 Å². The van der Waals surface area contributed by atoms with Crippen LogP contribution < -0.4 is 4.90 Å². The van der Waals surface area contributed by atoms with E-state index in [-0.39, 0.29) is 0 Å². The third kappa shape index (κ3) is 5.35. The fourth-order valence-electron chi connectivity index (χ4n) is 4.49. The maximum absolute atomic E-state index is 2.56. The lowest BCUT2D eigenvalue weighted by molar-refractivity contribution is 0.608. The van der Waals surface area contributed by atoms with Gasteiger partial charge in [-0.1, -0.05) is 87.2 Å². The normalized spacial score (nSPS) is 12.8. The number of anilines is 2. The molecule has 0 unspecified atom stereocenters. The number of thiophene rings is 2. The van der Waals surface area contributed by atoms with Crippen molar-refractivity contribution in [1.29, 1.82) is 0 Å². The van der Waals surface area contributed by atoms with Crippen LogP contribution in [-0.4, -0.2) is 6.54 Å². The predicted octanol–water partition coefficient (Wildman–Crippen LogP) is 10.6. The number of para-hydroxylation sites is 1. The lowest BCUT2D eigenvalue weighted by atomic mass is 10.1. The van der Waals surface area contributed by atoms with Crippen LogP contribution in [0.4, 0.5) is 11.4 Å². The first kappa shape index (κ1) is 23.5. The number of fused-ring (bicyclic) bond motifs is 2. The Morgan fingerprint density at radius 1 is 0.735 bits per heavy atom. The first-order chi connectivity index (χ1) is 16.8. The van der Waals surface area contributed by atoms with E-state index in [0.717, 1.165) is 6.54 Å². The van der Waals surface area contributed by atoms with E-state index in [1.165, 1.54) is 80.6 Å². The number of hydrogen-bond acceptors (Lipinski definition) is 4. The van der Waals surface area contributed by atoms with Gasteiger partial charge in [0.2, 0.25) is 0 Å². The lowest BCUT2D eigenvalue weighted by Gasteiger charge is -2.33. The van der Waals surface area contributed by atoms with Gasteiger partial charge < -0.3 is 4.90 Å². The van der Waals surface area contributed by atoms with Gasteiger partial charge in [0.05, 0.1) is 16.3 Å². The summed E-state index contributed by atoms with van der Waals surface area (Å²) in [6.45, 7) is 3.36. The molecule has 0 saturated heterocycles. The molecular formula is C30H31NS3. The fourth-order valence-corrected chi connectivity index (χ4v) is 7.34. The average Bonchev–Trinajstić information content (AvgIpc) is 3.56. The fraction of sp³-hybridized carbons (Fsp3) is 0.267. The van der Waals surface area contributed by atoms with Crippen molar-refractivity contribution < 1.29 is 0 Å². The van der Waals surface area contributed by atoms with E-state index in [0.29, 0.717) is 0 Å². The lowest BCUT2D eigenvalue weighted by Crippen LogP contribution is -2.22. The number of hydrogen-bond donors (Lipinski definition) is 0. The number of unbranched alkanes of at least 4 members (excludes halogenated alkanes) is 5. The Kier molecular flexibility index (Phi) is 7.90. The molecule has 0 saturated carbocycles. The molecule has 174 valence electrons. The Labute approximate surface area is 216 Å². The molecule has 0 amide bonds. The summed E-state index contributed by atoms with van der Waals surface area (Å²) in [6, 6.07) is 22.4. The van der Waals surface area contributed by atoms with Crippen molar-refractivity contribution in [2.45, 2.75) is 55.2 Å². The molecule has 0 spiro atoms. The quantitative estimate of drug-likeness (QED) is 0.199. The molecule has 1 aliphatic rings. The van der Waals surface area contributed by atoms with Crippen LogP contribution in [0.25, 0.3) is 21.9 Å². The van der Waals surface area contributed by atoms with Crippen LogP contribution in [0.3, 0.4) is 0 Å². The van der Waals surface area contributed by atoms with Gasteiger partial charge in [0.15, 0.2) is 0 Å². The van der Waals surface area contributed by atoms with Crippen molar-refractivity contribution in [1.82, 2.24) is 0 Å². The van der Waals surface area contributed by atoms with Crippen LogP contribution in [0.1, 0.15) is 56.6 Å². The van der Waals surface area contributed by atoms with Crippen molar-refractivity contribution in [3.63, 3.8) is 0 Å². The average molecular weight is 502 g/mol. The van der Waals surface area contributed by atoms with Crippen molar-refractivity contribution >= 4 is 58.0 Å². The van der Waals surface area contributed by atoms with E-state index in [1.54, 1.807) is 0 Å². The van der Waals surface area contributed by atoms with Gasteiger partial charge in [0, 0.05) is 21.2 Å². The van der Waals surface area contributed by atoms with Gasteiger partial charge in [-0.15, -0.1) is 22.7 Å². The second-order valence-corrected chi connectivity index (χ2v) is 11.7. The molecule has 0 N–H and O–H groups in total. The molecule has 0 aliphatic carbocycles. The molecular weight excluding hydrogens is 471 g/mol. The molecule has 1 nitrogen and oxygen atoms in total. The minimum atomic E-state index is 1.08. The highest BCUT2D eigenvalue weighted by Crippen LogP contribution is 2.48. The summed E-state index contributed by atoms with van der Waals surface area (Å²) in [7, 11) is 0. The van der Waals surface area contributed by atoms with E-state index >= 15 is 0 Å². The molecule has 0 radical (unpaired) electrons. The van der Waals surface area contributed by atoms with Gasteiger partial charge in [-0.05, 0) is 64.7 Å². The maximum Gasteiger partial charge on any atom is 0.0558 e. The van der Waals surface area contributed by atoms with E-state index in [2.05, 4.69) is 95.4 Å². The highest BCUT2D eigenvalue weighted by molar-refractivity contribution is 7.99. The highest BCUT2D eigenvalue weighted by atomic mass is 32.2. The summed E-state index contributed by atoms with van der Waals surface area (Å²) < 4.78 is 0. The zero-order chi connectivity index (χ0) is 23.2. The second-order valence-electron chi connectivity index (χ2n) is 8.73. The summed E-state index contributed by atoms with van der Waals surface area (Å²) in [6.07, 6.45) is 12.5. The minimum Gasteiger partial charge on any atom is -0.340 e. The standard InChI is InChI=1S/C30H31NS3/c1-2-3-4-5-6-9-19-31-25-11-7-8-12-27(25)34-28-17-15-23(22-26(28)31)14-16-24-18-21-33-30(24)29-13-10-20-32-29/h7-8,10-18,20-22H,2-6,9,19H2,1H3/b16-14+. The Morgan fingerprint density at radius 3 is 2.47 bits per heavy atom. The molecule has 4 aromatic rings. The third-order valence-electron chi connectivity index (χ3n) is 6.28. The van der Waals surface area contributed by atoms with Crippen LogP contribution in [-0.2, 0) is 0 Å². The van der Waals surface area contributed by atoms with E-state index in [4.69, 9.17) is 0 Å². The van der Waals surface area contributed by atoms with E-state index in [9.17, 15) is 0 Å². The van der Waals surface area contributed by atoms with Crippen molar-refractivity contribution in [3.05, 3.63) is 82.6 Å². The summed E-state index contributed by atoms with van der Waals surface area (Å²) in [4.78, 5) is 7.98. The van der Waals surface area contributed by atoms with Crippen LogP contribution in [0, 0.1) is 0 Å². The summed E-state index contributed by atoms with van der Waals surface area (Å²) >= 11 is 5.53. The van der Waals surface area contributed by atoms with Crippen LogP contribution >= 0.6 is 34.4 Å². The third-order valence-corrected chi connectivity index (χ3v) is 9.39. The maximum atomic E-state index is 2.56. The molecule has 3 heterocycles. The molecule has 0 fully saturated rings. The number of nitrogens with zero attached hydrogens (tertiary/aromatic N) is 1. The summed E-state index contributed by atoms with van der Waals surface area (Å²) in [5.74, 6) is 0. The Hall–Kier alpha value is -2.27. The molecule has 34 heavy (non-hydrogen) atoms. The number of benzene rings is 2. The SMILES string of the molecule is CCCCCCCCN1c2ccccc2Sc2ccc(/C=C/c3ccsc3-c3cccs3)cc21.